The van der Waals surface area contributed by atoms with Crippen molar-refractivity contribution in [2.24, 2.45) is 0 Å². The minimum Gasteiger partial charge on any atom is -0.347 e. The summed E-state index contributed by atoms with van der Waals surface area (Å²) in [6, 6.07) is 13.8. The quantitative estimate of drug-likeness (QED) is 0.596. The molecule has 0 unspecified atom stereocenters. The van der Waals surface area contributed by atoms with Crippen molar-refractivity contribution in [1.29, 1.82) is 0 Å². The Hall–Kier alpha value is -3.48. The molecule has 0 aliphatic heterocycles. The highest BCUT2D eigenvalue weighted by Gasteiger charge is 2.12. The van der Waals surface area contributed by atoms with Crippen molar-refractivity contribution in [3.63, 3.8) is 0 Å². The van der Waals surface area contributed by atoms with E-state index < -0.39 is 0 Å². The molecule has 0 saturated heterocycles. The van der Waals surface area contributed by atoms with Gasteiger partial charge in [-0.2, -0.15) is 4.98 Å². The summed E-state index contributed by atoms with van der Waals surface area (Å²) in [5, 5.41) is 9.44. The number of carbonyl (C=O) groups excluding carboxylic acids is 2. The Bertz CT molecular complexity index is 1000. The minimum atomic E-state index is -0.267. The monoisotopic (exact) mass is 406 g/mol. The molecule has 3 aromatic rings. The number of anilines is 1. The first-order valence-corrected chi connectivity index (χ1v) is 10.0. The Morgan fingerprint density at radius 1 is 1.00 bits per heavy atom. The van der Waals surface area contributed by atoms with Crippen LogP contribution in [0.5, 0.6) is 0 Å². The summed E-state index contributed by atoms with van der Waals surface area (Å²) in [5.41, 5.74) is 4.84. The Balaban J connectivity index is 1.45. The van der Waals surface area contributed by atoms with Crippen molar-refractivity contribution < 1.29 is 14.1 Å². The molecule has 0 saturated carbocycles. The number of carbonyl (C=O) groups is 2. The van der Waals surface area contributed by atoms with Gasteiger partial charge < -0.3 is 15.2 Å². The van der Waals surface area contributed by atoms with Crippen LogP contribution >= 0.6 is 0 Å². The first kappa shape index (κ1) is 21.2. The van der Waals surface area contributed by atoms with Crippen molar-refractivity contribution in [3.05, 3.63) is 65.0 Å². The van der Waals surface area contributed by atoms with E-state index in [1.807, 2.05) is 56.3 Å². The van der Waals surface area contributed by atoms with Gasteiger partial charge in [-0.3, -0.25) is 9.59 Å². The first-order valence-electron chi connectivity index (χ1n) is 10.0. The SMILES string of the molecule is CCc1ccc(-c2noc(CCC(=O)NCC(=O)Nc3c(C)cccc3C)n2)cc1. The van der Waals surface area contributed by atoms with Crippen LogP contribution in [0.15, 0.2) is 47.0 Å². The third-order valence-corrected chi connectivity index (χ3v) is 4.85. The standard InChI is InChI=1S/C23H26N4O3/c1-4-17-8-10-18(11-9-17)23-26-21(30-27-23)13-12-19(28)24-14-20(29)25-22-15(2)6-5-7-16(22)3/h5-11H,4,12-14H2,1-3H3,(H,24,28)(H,25,29). The van der Waals surface area contributed by atoms with Gasteiger partial charge in [0.2, 0.25) is 23.5 Å². The van der Waals surface area contributed by atoms with E-state index in [1.165, 1.54) is 5.56 Å². The van der Waals surface area contributed by atoms with Crippen LogP contribution in [0.25, 0.3) is 11.4 Å². The fourth-order valence-electron chi connectivity index (χ4n) is 3.05. The molecule has 2 N–H and O–H groups in total. The molecule has 7 nitrogen and oxygen atoms in total. The summed E-state index contributed by atoms with van der Waals surface area (Å²) in [7, 11) is 0. The Morgan fingerprint density at radius 3 is 2.37 bits per heavy atom. The molecule has 0 radical (unpaired) electrons. The molecule has 0 bridgehead atoms. The lowest BCUT2D eigenvalue weighted by Crippen LogP contribution is -2.33. The fraction of sp³-hybridized carbons (Fsp3) is 0.304. The van der Waals surface area contributed by atoms with E-state index in [1.54, 1.807) is 0 Å². The van der Waals surface area contributed by atoms with E-state index in [2.05, 4.69) is 27.7 Å². The maximum Gasteiger partial charge on any atom is 0.243 e. The van der Waals surface area contributed by atoms with Crippen molar-refractivity contribution in [2.75, 3.05) is 11.9 Å². The van der Waals surface area contributed by atoms with Crippen molar-refractivity contribution in [3.8, 4) is 11.4 Å². The molecule has 0 fully saturated rings. The van der Waals surface area contributed by atoms with E-state index in [-0.39, 0.29) is 24.8 Å². The molecule has 0 aliphatic rings. The number of nitrogens with zero attached hydrogens (tertiary/aromatic N) is 2. The minimum absolute atomic E-state index is 0.0918. The first-order chi connectivity index (χ1) is 14.5. The second kappa shape index (κ2) is 9.82. The summed E-state index contributed by atoms with van der Waals surface area (Å²) >= 11 is 0. The van der Waals surface area contributed by atoms with Crippen molar-refractivity contribution in [1.82, 2.24) is 15.5 Å². The number of hydrogen-bond donors (Lipinski definition) is 2. The Labute approximate surface area is 175 Å². The van der Waals surface area contributed by atoms with Crippen LogP contribution in [0, 0.1) is 13.8 Å². The molecule has 7 heteroatoms. The predicted octanol–water partition coefficient (Wildman–Crippen LogP) is 3.60. The molecule has 30 heavy (non-hydrogen) atoms. The van der Waals surface area contributed by atoms with Crippen LogP contribution in [0.3, 0.4) is 0 Å². The van der Waals surface area contributed by atoms with E-state index >= 15 is 0 Å². The molecule has 1 aromatic heterocycles. The highest BCUT2D eigenvalue weighted by molar-refractivity contribution is 5.95. The average Bonchev–Trinajstić information content (AvgIpc) is 3.22. The third-order valence-electron chi connectivity index (χ3n) is 4.85. The van der Waals surface area contributed by atoms with E-state index in [4.69, 9.17) is 4.52 Å². The van der Waals surface area contributed by atoms with E-state index in [0.29, 0.717) is 18.1 Å². The van der Waals surface area contributed by atoms with Gasteiger partial charge in [0, 0.05) is 24.1 Å². The smallest absolute Gasteiger partial charge is 0.243 e. The van der Waals surface area contributed by atoms with Gasteiger partial charge >= 0.3 is 0 Å². The number of aromatic nitrogens is 2. The second-order valence-electron chi connectivity index (χ2n) is 7.15. The second-order valence-corrected chi connectivity index (χ2v) is 7.15. The molecular formula is C23H26N4O3. The topological polar surface area (TPSA) is 97.1 Å². The molecule has 0 aliphatic carbocycles. The number of nitrogens with one attached hydrogen (secondary N) is 2. The normalized spacial score (nSPS) is 10.6. The largest absolute Gasteiger partial charge is 0.347 e. The van der Waals surface area contributed by atoms with Crippen LogP contribution in [-0.2, 0) is 22.4 Å². The highest BCUT2D eigenvalue weighted by atomic mass is 16.5. The van der Waals surface area contributed by atoms with Gasteiger partial charge in [0.05, 0.1) is 6.54 Å². The zero-order chi connectivity index (χ0) is 21.5. The zero-order valence-corrected chi connectivity index (χ0v) is 17.5. The average molecular weight is 406 g/mol. The summed E-state index contributed by atoms with van der Waals surface area (Å²) in [4.78, 5) is 28.5. The summed E-state index contributed by atoms with van der Waals surface area (Å²) in [6.45, 7) is 5.86. The van der Waals surface area contributed by atoms with Crippen LogP contribution < -0.4 is 10.6 Å². The third kappa shape index (κ3) is 5.53. The van der Waals surface area contributed by atoms with Gasteiger partial charge in [-0.05, 0) is 37.0 Å². The number of amides is 2. The molecule has 1 heterocycles. The van der Waals surface area contributed by atoms with Gasteiger partial charge in [0.1, 0.15) is 0 Å². The van der Waals surface area contributed by atoms with Crippen LogP contribution in [0.2, 0.25) is 0 Å². The lowest BCUT2D eigenvalue weighted by atomic mass is 10.1. The van der Waals surface area contributed by atoms with Gasteiger partial charge in [-0.15, -0.1) is 0 Å². The maximum atomic E-state index is 12.1. The Morgan fingerprint density at radius 2 is 1.70 bits per heavy atom. The van der Waals surface area contributed by atoms with Gasteiger partial charge in [0.25, 0.3) is 0 Å². The molecule has 0 atom stereocenters. The predicted molar refractivity (Wildman–Crippen MR) is 115 cm³/mol. The molecule has 156 valence electrons. The van der Waals surface area contributed by atoms with E-state index in [0.717, 1.165) is 28.8 Å². The van der Waals surface area contributed by atoms with Crippen LogP contribution in [0.1, 0.15) is 35.9 Å². The zero-order valence-electron chi connectivity index (χ0n) is 17.5. The van der Waals surface area contributed by atoms with Gasteiger partial charge in [0.15, 0.2) is 0 Å². The molecular weight excluding hydrogens is 380 g/mol. The summed E-state index contributed by atoms with van der Waals surface area (Å²) in [6.07, 6.45) is 1.44. The maximum absolute atomic E-state index is 12.1. The number of aryl methyl sites for hydroxylation is 4. The van der Waals surface area contributed by atoms with Crippen LogP contribution in [-0.4, -0.2) is 28.5 Å². The number of hydrogen-bond acceptors (Lipinski definition) is 5. The molecule has 2 amide bonds. The van der Waals surface area contributed by atoms with Gasteiger partial charge in [-0.25, -0.2) is 0 Å². The van der Waals surface area contributed by atoms with Gasteiger partial charge in [-0.1, -0.05) is 54.5 Å². The fourth-order valence-corrected chi connectivity index (χ4v) is 3.05. The summed E-state index contributed by atoms with van der Waals surface area (Å²) in [5.74, 6) is 0.371. The summed E-state index contributed by atoms with van der Waals surface area (Å²) < 4.78 is 5.24. The lowest BCUT2D eigenvalue weighted by Gasteiger charge is -2.11. The molecule has 2 aromatic carbocycles. The van der Waals surface area contributed by atoms with Crippen molar-refractivity contribution in [2.45, 2.75) is 40.0 Å². The van der Waals surface area contributed by atoms with Crippen LogP contribution in [0.4, 0.5) is 5.69 Å². The highest BCUT2D eigenvalue weighted by Crippen LogP contribution is 2.19. The lowest BCUT2D eigenvalue weighted by molar-refractivity contribution is -0.124. The number of rotatable bonds is 8. The number of para-hydroxylation sites is 1. The Kier molecular flexibility index (Phi) is 6.95. The molecule has 3 rings (SSSR count). The van der Waals surface area contributed by atoms with Crippen molar-refractivity contribution >= 4 is 17.5 Å². The number of benzene rings is 2. The molecule has 0 spiro atoms. The van der Waals surface area contributed by atoms with E-state index in [9.17, 15) is 9.59 Å².